The smallest absolute Gasteiger partial charge is 0.415 e. The van der Waals surface area contributed by atoms with Gasteiger partial charge in [-0.15, -0.1) is 6.58 Å². The Morgan fingerprint density at radius 3 is 2.80 bits per heavy atom. The van der Waals surface area contributed by atoms with Crippen LogP contribution in [0.5, 0.6) is 0 Å². The van der Waals surface area contributed by atoms with Crippen molar-refractivity contribution < 1.29 is 9.53 Å². The summed E-state index contributed by atoms with van der Waals surface area (Å²) in [5.41, 5.74) is 1.82. The molecule has 3 heteroatoms. The van der Waals surface area contributed by atoms with E-state index < -0.39 is 0 Å². The van der Waals surface area contributed by atoms with E-state index in [0.29, 0.717) is 12.5 Å². The van der Waals surface area contributed by atoms with E-state index in [0.717, 1.165) is 24.9 Å². The van der Waals surface area contributed by atoms with Gasteiger partial charge in [0.1, 0.15) is 0 Å². The first-order valence-electron chi connectivity index (χ1n) is 7.34. The fourth-order valence-corrected chi connectivity index (χ4v) is 3.58. The average Bonchev–Trinajstić information content (AvgIpc) is 2.48. The van der Waals surface area contributed by atoms with Gasteiger partial charge in [-0.3, -0.25) is 4.90 Å². The first kappa shape index (κ1) is 13.2. The molecule has 2 atom stereocenters. The lowest BCUT2D eigenvalue weighted by atomic mass is 9.71. The third kappa shape index (κ3) is 1.92. The van der Waals surface area contributed by atoms with Crippen molar-refractivity contribution in [1.29, 1.82) is 0 Å². The number of hydrogen-bond donors (Lipinski definition) is 0. The minimum absolute atomic E-state index is 0.244. The quantitative estimate of drug-likeness (QED) is 0.759. The van der Waals surface area contributed by atoms with Gasteiger partial charge >= 0.3 is 6.09 Å². The monoisotopic (exact) mass is 271 g/mol. The lowest BCUT2D eigenvalue weighted by Gasteiger charge is -2.51. The lowest BCUT2D eigenvalue weighted by molar-refractivity contribution is 0.0576. The number of cyclic esters (lactones) is 1. The van der Waals surface area contributed by atoms with Gasteiger partial charge in [-0.1, -0.05) is 36.6 Å². The third-order valence-electron chi connectivity index (χ3n) is 4.74. The molecule has 1 aromatic carbocycles. The van der Waals surface area contributed by atoms with Crippen molar-refractivity contribution in [1.82, 2.24) is 0 Å². The zero-order valence-corrected chi connectivity index (χ0v) is 12.0. The van der Waals surface area contributed by atoms with E-state index in [-0.39, 0.29) is 11.6 Å². The number of anilines is 1. The molecule has 106 valence electrons. The Labute approximate surface area is 120 Å². The fraction of sp³-hybridized carbons (Fsp3) is 0.471. The Balaban J connectivity index is 2.06. The number of fused-ring (bicyclic) bond motifs is 1. The second-order valence-corrected chi connectivity index (χ2v) is 5.89. The molecule has 1 amide bonds. The zero-order valence-electron chi connectivity index (χ0n) is 12.0. The maximum atomic E-state index is 12.4. The van der Waals surface area contributed by atoms with Crippen LogP contribution >= 0.6 is 0 Å². The van der Waals surface area contributed by atoms with E-state index >= 15 is 0 Å². The third-order valence-corrected chi connectivity index (χ3v) is 4.74. The number of rotatable bonds is 2. The summed E-state index contributed by atoms with van der Waals surface area (Å²) in [6.45, 7) is 6.61. The first-order chi connectivity index (χ1) is 9.67. The van der Waals surface area contributed by atoms with E-state index in [1.54, 1.807) is 0 Å². The minimum atomic E-state index is -0.275. The Bertz CT molecular complexity index is 522. The average molecular weight is 271 g/mol. The van der Waals surface area contributed by atoms with Gasteiger partial charge in [0.2, 0.25) is 0 Å². The predicted molar refractivity (Wildman–Crippen MR) is 79.9 cm³/mol. The molecule has 3 rings (SSSR count). The summed E-state index contributed by atoms with van der Waals surface area (Å²) in [4.78, 5) is 14.2. The van der Waals surface area contributed by atoms with Gasteiger partial charge in [-0.05, 0) is 31.9 Å². The number of nitrogens with zero attached hydrogens (tertiary/aromatic N) is 1. The van der Waals surface area contributed by atoms with Crippen LogP contribution < -0.4 is 4.90 Å². The number of amides is 1. The Morgan fingerprint density at radius 2 is 2.10 bits per heavy atom. The summed E-state index contributed by atoms with van der Waals surface area (Å²) in [5.74, 6) is 0.354. The van der Waals surface area contributed by atoms with Crippen LogP contribution in [0.2, 0.25) is 0 Å². The van der Waals surface area contributed by atoms with Crippen molar-refractivity contribution >= 4 is 11.8 Å². The summed E-state index contributed by atoms with van der Waals surface area (Å²) < 4.78 is 5.41. The summed E-state index contributed by atoms with van der Waals surface area (Å²) in [6, 6.07) is 8.06. The molecular formula is C17H21NO2. The van der Waals surface area contributed by atoms with Gasteiger partial charge in [0.25, 0.3) is 0 Å². The molecule has 0 unspecified atom stereocenters. The largest absolute Gasteiger partial charge is 0.449 e. The summed E-state index contributed by atoms with van der Waals surface area (Å²) in [5, 5.41) is 0. The van der Waals surface area contributed by atoms with Crippen LogP contribution in [0, 0.1) is 12.8 Å². The van der Waals surface area contributed by atoms with E-state index in [2.05, 4.69) is 6.58 Å². The highest BCUT2D eigenvalue weighted by Crippen LogP contribution is 2.44. The molecule has 1 saturated heterocycles. The summed E-state index contributed by atoms with van der Waals surface area (Å²) in [7, 11) is 0. The summed E-state index contributed by atoms with van der Waals surface area (Å²) in [6.07, 6.45) is 6.15. The van der Waals surface area contributed by atoms with E-state index in [1.807, 2.05) is 42.2 Å². The molecule has 0 bridgehead atoms. The molecule has 1 aromatic rings. The number of carbonyl (C=O) groups is 1. The highest BCUT2D eigenvalue weighted by molar-refractivity contribution is 5.91. The van der Waals surface area contributed by atoms with Crippen LogP contribution in [0.15, 0.2) is 36.9 Å². The van der Waals surface area contributed by atoms with Crippen LogP contribution in [0.25, 0.3) is 0 Å². The molecule has 0 radical (unpaired) electrons. The Hall–Kier alpha value is -1.77. The van der Waals surface area contributed by atoms with Crippen LogP contribution in [-0.4, -0.2) is 18.2 Å². The minimum Gasteiger partial charge on any atom is -0.449 e. The predicted octanol–water partition coefficient (Wildman–Crippen LogP) is 4.07. The summed E-state index contributed by atoms with van der Waals surface area (Å²) >= 11 is 0. The van der Waals surface area contributed by atoms with Gasteiger partial charge in [-0.2, -0.15) is 0 Å². The Kier molecular flexibility index (Phi) is 3.28. The standard InChI is InChI=1S/C17H21NO2/c1-3-17-11-5-4-6-14(17)12-20-16(19)18(17)15-9-7-13(2)8-10-15/h3,7-10,14H,1,4-6,11-12H2,2H3/t14-,17-/m0/s1. The molecule has 20 heavy (non-hydrogen) atoms. The molecule has 0 N–H and O–H groups in total. The van der Waals surface area contributed by atoms with Crippen LogP contribution in [-0.2, 0) is 4.74 Å². The van der Waals surface area contributed by atoms with Crippen molar-refractivity contribution in [2.24, 2.45) is 5.92 Å². The van der Waals surface area contributed by atoms with Crippen LogP contribution in [0.1, 0.15) is 31.2 Å². The molecule has 1 saturated carbocycles. The van der Waals surface area contributed by atoms with E-state index in [4.69, 9.17) is 4.74 Å². The molecule has 0 aromatic heterocycles. The fourth-order valence-electron chi connectivity index (χ4n) is 3.58. The Morgan fingerprint density at radius 1 is 1.35 bits per heavy atom. The number of aryl methyl sites for hydroxylation is 1. The van der Waals surface area contributed by atoms with Gasteiger partial charge in [0, 0.05) is 11.6 Å². The normalized spacial score (nSPS) is 29.6. The van der Waals surface area contributed by atoms with Crippen molar-refractivity contribution in [2.45, 2.75) is 38.1 Å². The molecule has 1 aliphatic carbocycles. The van der Waals surface area contributed by atoms with Gasteiger partial charge < -0.3 is 4.74 Å². The molecule has 2 aliphatic rings. The highest BCUT2D eigenvalue weighted by atomic mass is 16.6. The molecule has 2 fully saturated rings. The van der Waals surface area contributed by atoms with Crippen LogP contribution in [0.3, 0.4) is 0 Å². The van der Waals surface area contributed by atoms with E-state index in [1.165, 1.54) is 12.0 Å². The maximum Gasteiger partial charge on any atom is 0.415 e. The molecule has 3 nitrogen and oxygen atoms in total. The van der Waals surface area contributed by atoms with Crippen molar-refractivity contribution in [3.63, 3.8) is 0 Å². The van der Waals surface area contributed by atoms with Crippen molar-refractivity contribution in [2.75, 3.05) is 11.5 Å². The lowest BCUT2D eigenvalue weighted by Crippen LogP contribution is -2.62. The second kappa shape index (κ2) is 4.97. The number of ether oxygens (including phenoxy) is 1. The van der Waals surface area contributed by atoms with Crippen molar-refractivity contribution in [3.8, 4) is 0 Å². The SMILES string of the molecule is C=C[C@]12CCCC[C@H]1COC(=O)N2c1ccc(C)cc1. The van der Waals surface area contributed by atoms with Gasteiger partial charge in [0.05, 0.1) is 12.1 Å². The number of benzene rings is 1. The van der Waals surface area contributed by atoms with E-state index in [9.17, 15) is 4.79 Å². The maximum absolute atomic E-state index is 12.4. The highest BCUT2D eigenvalue weighted by Gasteiger charge is 2.50. The van der Waals surface area contributed by atoms with Gasteiger partial charge in [0.15, 0.2) is 0 Å². The van der Waals surface area contributed by atoms with Gasteiger partial charge in [-0.25, -0.2) is 4.79 Å². The molecule has 1 heterocycles. The number of carbonyl (C=O) groups excluding carboxylic acids is 1. The van der Waals surface area contributed by atoms with Crippen LogP contribution in [0.4, 0.5) is 10.5 Å². The zero-order chi connectivity index (χ0) is 14.2. The number of hydrogen-bond acceptors (Lipinski definition) is 2. The first-order valence-corrected chi connectivity index (χ1v) is 7.34. The molecular weight excluding hydrogens is 250 g/mol. The molecule has 0 spiro atoms. The van der Waals surface area contributed by atoms with Crippen molar-refractivity contribution in [3.05, 3.63) is 42.5 Å². The molecule has 1 aliphatic heterocycles. The second-order valence-electron chi connectivity index (χ2n) is 5.89. The topological polar surface area (TPSA) is 29.5 Å².